The molecular formula is C18H16N2O4S. The lowest BCUT2D eigenvalue weighted by atomic mass is 9.95. The van der Waals surface area contributed by atoms with E-state index in [0.29, 0.717) is 16.8 Å². The van der Waals surface area contributed by atoms with Crippen LogP contribution in [0, 0.1) is 18.3 Å². The number of carbonyl (C=O) groups is 2. The largest absolute Gasteiger partial charge is 0.481 e. The van der Waals surface area contributed by atoms with E-state index in [0.717, 1.165) is 11.8 Å². The van der Waals surface area contributed by atoms with Crippen molar-refractivity contribution in [3.8, 4) is 17.2 Å². The zero-order valence-electron chi connectivity index (χ0n) is 13.8. The van der Waals surface area contributed by atoms with Crippen LogP contribution in [0.15, 0.2) is 35.4 Å². The van der Waals surface area contributed by atoms with Crippen molar-refractivity contribution < 1.29 is 19.4 Å². The van der Waals surface area contributed by atoms with Crippen molar-refractivity contribution in [2.75, 3.05) is 12.4 Å². The first-order valence-corrected chi connectivity index (χ1v) is 8.50. The summed E-state index contributed by atoms with van der Waals surface area (Å²) in [5.41, 5.74) is 1.88. The van der Waals surface area contributed by atoms with Crippen LogP contribution in [-0.4, -0.2) is 34.4 Å². The molecule has 2 rings (SSSR count). The highest BCUT2D eigenvalue weighted by Gasteiger charge is 2.25. The molecular weight excluding hydrogens is 340 g/mol. The first-order chi connectivity index (χ1) is 12.0. The number of hydrogen-bond donors (Lipinski definition) is 1. The zero-order valence-corrected chi connectivity index (χ0v) is 14.6. The quantitative estimate of drug-likeness (QED) is 0.626. The molecule has 0 fully saturated rings. The van der Waals surface area contributed by atoms with Gasteiger partial charge in [0.05, 0.1) is 29.2 Å². The number of thioether (sulfide) groups is 1. The lowest BCUT2D eigenvalue weighted by molar-refractivity contribution is -0.133. The maximum atomic E-state index is 12.4. The van der Waals surface area contributed by atoms with Gasteiger partial charge in [-0.15, -0.1) is 0 Å². The van der Waals surface area contributed by atoms with Crippen LogP contribution in [-0.2, 0) is 9.53 Å². The Morgan fingerprint density at radius 3 is 2.56 bits per heavy atom. The monoisotopic (exact) mass is 356 g/mol. The van der Waals surface area contributed by atoms with Crippen LogP contribution in [0.5, 0.6) is 0 Å². The Morgan fingerprint density at radius 2 is 2.00 bits per heavy atom. The second-order valence-electron chi connectivity index (χ2n) is 5.01. The minimum absolute atomic E-state index is 0.172. The minimum Gasteiger partial charge on any atom is -0.481 e. The van der Waals surface area contributed by atoms with Gasteiger partial charge in [-0.2, -0.15) is 5.26 Å². The number of hydrogen-bond acceptors (Lipinski definition) is 6. The van der Waals surface area contributed by atoms with Crippen molar-refractivity contribution in [3.05, 3.63) is 47.2 Å². The highest BCUT2D eigenvalue weighted by molar-refractivity contribution is 7.99. The summed E-state index contributed by atoms with van der Waals surface area (Å²) in [6.07, 6.45) is 0. The first kappa shape index (κ1) is 18.5. The Bertz CT molecular complexity index is 844. The van der Waals surface area contributed by atoms with Gasteiger partial charge in [-0.1, -0.05) is 42.1 Å². The molecule has 0 unspecified atom stereocenters. The summed E-state index contributed by atoms with van der Waals surface area (Å²) in [5, 5.41) is 18.8. The maximum Gasteiger partial charge on any atom is 0.340 e. The number of esters is 1. The smallest absolute Gasteiger partial charge is 0.340 e. The number of carbonyl (C=O) groups excluding carboxylic acids is 1. The van der Waals surface area contributed by atoms with Gasteiger partial charge in [0.1, 0.15) is 11.1 Å². The number of nitrogens with zero attached hydrogens (tertiary/aromatic N) is 2. The van der Waals surface area contributed by atoms with Crippen LogP contribution in [0.1, 0.15) is 28.5 Å². The number of ether oxygens (including phenoxy) is 1. The van der Waals surface area contributed by atoms with Gasteiger partial charge in [0.25, 0.3) is 0 Å². The van der Waals surface area contributed by atoms with Gasteiger partial charge in [-0.3, -0.25) is 4.79 Å². The van der Waals surface area contributed by atoms with E-state index in [-0.39, 0.29) is 28.5 Å². The van der Waals surface area contributed by atoms with Crippen molar-refractivity contribution in [2.24, 2.45) is 0 Å². The Balaban J connectivity index is 2.74. The number of nitriles is 1. The molecule has 1 N–H and O–H groups in total. The van der Waals surface area contributed by atoms with Crippen LogP contribution < -0.4 is 0 Å². The molecule has 1 aromatic carbocycles. The van der Waals surface area contributed by atoms with Crippen molar-refractivity contribution in [3.63, 3.8) is 0 Å². The molecule has 0 atom stereocenters. The average Bonchev–Trinajstić information content (AvgIpc) is 2.60. The van der Waals surface area contributed by atoms with E-state index in [1.54, 1.807) is 38.1 Å². The van der Waals surface area contributed by atoms with Crippen molar-refractivity contribution in [1.29, 1.82) is 5.26 Å². The number of benzene rings is 1. The fourth-order valence-corrected chi connectivity index (χ4v) is 3.12. The molecule has 0 saturated carbocycles. The number of rotatable bonds is 6. The Kier molecular flexibility index (Phi) is 6.14. The second kappa shape index (κ2) is 8.31. The second-order valence-corrected chi connectivity index (χ2v) is 5.97. The fourth-order valence-electron chi connectivity index (χ4n) is 2.36. The number of carboxylic acids is 1. The van der Waals surface area contributed by atoms with Crippen LogP contribution in [0.25, 0.3) is 11.1 Å². The highest BCUT2D eigenvalue weighted by atomic mass is 32.2. The lowest BCUT2D eigenvalue weighted by Gasteiger charge is -2.15. The molecule has 7 heteroatoms. The average molecular weight is 356 g/mol. The van der Waals surface area contributed by atoms with E-state index in [2.05, 4.69) is 11.1 Å². The SMILES string of the molecule is CCOC(=O)c1c(C)nc(SCC(=O)O)c(C#N)c1-c1ccccc1. The molecule has 0 aliphatic carbocycles. The molecule has 0 aliphatic heterocycles. The van der Waals surface area contributed by atoms with Gasteiger partial charge in [-0.25, -0.2) is 9.78 Å². The normalized spacial score (nSPS) is 10.1. The molecule has 1 heterocycles. The van der Waals surface area contributed by atoms with E-state index in [1.165, 1.54) is 0 Å². The third kappa shape index (κ3) is 4.17. The summed E-state index contributed by atoms with van der Waals surface area (Å²) >= 11 is 0.951. The van der Waals surface area contributed by atoms with E-state index in [4.69, 9.17) is 9.84 Å². The Morgan fingerprint density at radius 1 is 1.32 bits per heavy atom. The maximum absolute atomic E-state index is 12.4. The number of carboxylic acid groups (broad SMARTS) is 1. The summed E-state index contributed by atoms with van der Waals surface area (Å²) in [6, 6.07) is 11.1. The van der Waals surface area contributed by atoms with Gasteiger partial charge in [0.2, 0.25) is 0 Å². The van der Waals surface area contributed by atoms with Crippen LogP contribution >= 0.6 is 11.8 Å². The molecule has 0 radical (unpaired) electrons. The first-order valence-electron chi connectivity index (χ1n) is 7.51. The van der Waals surface area contributed by atoms with Gasteiger partial charge in [0.15, 0.2) is 0 Å². The molecule has 6 nitrogen and oxygen atoms in total. The van der Waals surface area contributed by atoms with Gasteiger partial charge in [-0.05, 0) is 19.4 Å². The molecule has 0 amide bonds. The van der Waals surface area contributed by atoms with Gasteiger partial charge >= 0.3 is 11.9 Å². The van der Waals surface area contributed by atoms with Crippen LogP contribution in [0.2, 0.25) is 0 Å². The van der Waals surface area contributed by atoms with Crippen LogP contribution in [0.3, 0.4) is 0 Å². The number of pyridine rings is 1. The molecule has 25 heavy (non-hydrogen) atoms. The van der Waals surface area contributed by atoms with Gasteiger partial charge in [0, 0.05) is 5.56 Å². The summed E-state index contributed by atoms with van der Waals surface area (Å²) in [4.78, 5) is 27.6. The van der Waals surface area contributed by atoms with Gasteiger partial charge < -0.3 is 9.84 Å². The van der Waals surface area contributed by atoms with E-state index in [9.17, 15) is 14.9 Å². The molecule has 2 aromatic rings. The third-order valence-corrected chi connectivity index (χ3v) is 4.29. The highest BCUT2D eigenvalue weighted by Crippen LogP contribution is 2.35. The molecule has 0 aliphatic rings. The zero-order chi connectivity index (χ0) is 18.4. The number of aromatic nitrogens is 1. The molecule has 128 valence electrons. The van der Waals surface area contributed by atoms with Crippen LogP contribution in [0.4, 0.5) is 0 Å². The van der Waals surface area contributed by atoms with E-state index >= 15 is 0 Å². The molecule has 0 bridgehead atoms. The summed E-state index contributed by atoms with van der Waals surface area (Å²) in [7, 11) is 0. The fraction of sp³-hybridized carbons (Fsp3) is 0.222. The topological polar surface area (TPSA) is 100 Å². The van der Waals surface area contributed by atoms with Crippen molar-refractivity contribution in [2.45, 2.75) is 18.9 Å². The molecule has 0 saturated heterocycles. The summed E-state index contributed by atoms with van der Waals surface area (Å²) < 4.78 is 5.12. The molecule has 1 aromatic heterocycles. The predicted molar refractivity (Wildman–Crippen MR) is 93.4 cm³/mol. The predicted octanol–water partition coefficient (Wildman–Crippen LogP) is 3.28. The Hall–Kier alpha value is -2.85. The summed E-state index contributed by atoms with van der Waals surface area (Å²) in [5.74, 6) is -1.80. The lowest BCUT2D eigenvalue weighted by Crippen LogP contribution is -2.13. The van der Waals surface area contributed by atoms with Crippen molar-refractivity contribution in [1.82, 2.24) is 4.98 Å². The number of aryl methyl sites for hydroxylation is 1. The third-order valence-electron chi connectivity index (χ3n) is 3.33. The Labute approximate surface area is 149 Å². The van der Waals surface area contributed by atoms with E-state index < -0.39 is 11.9 Å². The summed E-state index contributed by atoms with van der Waals surface area (Å²) in [6.45, 7) is 3.54. The van der Waals surface area contributed by atoms with E-state index in [1.807, 2.05) is 6.07 Å². The van der Waals surface area contributed by atoms with Crippen molar-refractivity contribution >= 4 is 23.7 Å². The molecule has 0 spiro atoms. The minimum atomic E-state index is -1.01. The number of aliphatic carboxylic acids is 1. The standard InChI is InChI=1S/C18H16N2O4S/c1-3-24-18(23)15-11(2)20-17(25-10-14(21)22)13(9-19)16(15)12-7-5-4-6-8-12/h4-8H,3,10H2,1-2H3,(H,21,22).